The van der Waals surface area contributed by atoms with Crippen LogP contribution in [0.4, 0.5) is 5.69 Å². The van der Waals surface area contributed by atoms with E-state index in [1.54, 1.807) is 12.4 Å². The van der Waals surface area contributed by atoms with Crippen LogP contribution in [0.5, 0.6) is 0 Å². The van der Waals surface area contributed by atoms with Gasteiger partial charge < -0.3 is 10.7 Å². The molecule has 6 nitrogen and oxygen atoms in total. The molecule has 2 aromatic rings. The molecule has 0 saturated heterocycles. The van der Waals surface area contributed by atoms with E-state index in [-0.39, 0.29) is 17.1 Å². The molecule has 0 spiro atoms. The first-order chi connectivity index (χ1) is 8.49. The Kier molecular flexibility index (Phi) is 3.55. The highest BCUT2D eigenvalue weighted by Gasteiger charge is 2.15. The van der Waals surface area contributed by atoms with Crippen LogP contribution >= 0.6 is 11.6 Å². The Labute approximate surface area is 109 Å². The molecule has 1 heterocycles. The summed E-state index contributed by atoms with van der Waals surface area (Å²) in [6.07, 6.45) is 3.16. The maximum atomic E-state index is 11.9. The molecule has 0 aliphatic carbocycles. The second-order valence-corrected chi connectivity index (χ2v) is 5.72. The molecule has 2 rings (SSSR count). The Bertz CT molecular complexity index is 640. The first-order valence-electron chi connectivity index (χ1n) is 5.02. The summed E-state index contributed by atoms with van der Waals surface area (Å²) in [4.78, 5) is 6.78. The van der Waals surface area contributed by atoms with Gasteiger partial charge in [-0.25, -0.2) is 18.1 Å². The zero-order chi connectivity index (χ0) is 13.2. The quantitative estimate of drug-likeness (QED) is 0.733. The van der Waals surface area contributed by atoms with Gasteiger partial charge >= 0.3 is 0 Å². The fraction of sp³-hybridized carbons (Fsp3) is 0.100. The largest absolute Gasteiger partial charge is 0.397 e. The Morgan fingerprint density at radius 1 is 1.44 bits per heavy atom. The fourth-order valence-corrected chi connectivity index (χ4v) is 2.47. The van der Waals surface area contributed by atoms with E-state index in [9.17, 15) is 8.42 Å². The average molecular weight is 287 g/mol. The highest BCUT2D eigenvalue weighted by molar-refractivity contribution is 7.89. The van der Waals surface area contributed by atoms with Gasteiger partial charge in [-0.3, -0.25) is 0 Å². The lowest BCUT2D eigenvalue weighted by Crippen LogP contribution is -2.23. The molecule has 0 atom stereocenters. The Hall–Kier alpha value is -1.57. The standard InChI is InChI=1S/C10H11ClN4O2S/c11-8-2-1-7(5-9(8)12)18(16,17)15-6-10-13-3-4-14-10/h1-5,15H,6,12H2,(H,13,14). The molecular formula is C10H11ClN4O2S. The monoisotopic (exact) mass is 286 g/mol. The van der Waals surface area contributed by atoms with Gasteiger partial charge in [-0.2, -0.15) is 0 Å². The van der Waals surface area contributed by atoms with Crippen molar-refractivity contribution in [2.45, 2.75) is 11.4 Å². The van der Waals surface area contributed by atoms with Crippen molar-refractivity contribution >= 4 is 27.3 Å². The number of rotatable bonds is 4. The number of nitrogen functional groups attached to an aromatic ring is 1. The van der Waals surface area contributed by atoms with Crippen LogP contribution in [0.1, 0.15) is 5.82 Å². The second kappa shape index (κ2) is 4.97. The maximum absolute atomic E-state index is 11.9. The molecule has 1 aromatic carbocycles. The average Bonchev–Trinajstić information content (AvgIpc) is 2.83. The predicted octanol–water partition coefficient (Wildman–Crippen LogP) is 1.12. The number of nitrogens with zero attached hydrogens (tertiary/aromatic N) is 1. The fourth-order valence-electron chi connectivity index (χ4n) is 1.33. The topological polar surface area (TPSA) is 101 Å². The summed E-state index contributed by atoms with van der Waals surface area (Å²) in [7, 11) is -3.62. The van der Waals surface area contributed by atoms with Gasteiger partial charge in [0.1, 0.15) is 5.82 Å². The number of benzene rings is 1. The molecule has 0 unspecified atom stereocenters. The molecule has 18 heavy (non-hydrogen) atoms. The van der Waals surface area contributed by atoms with Crippen LogP contribution in [0.3, 0.4) is 0 Å². The lowest BCUT2D eigenvalue weighted by atomic mass is 10.3. The van der Waals surface area contributed by atoms with Crippen LogP contribution in [0.15, 0.2) is 35.5 Å². The Balaban J connectivity index is 2.17. The van der Waals surface area contributed by atoms with Crippen molar-refractivity contribution in [3.05, 3.63) is 41.4 Å². The van der Waals surface area contributed by atoms with Crippen molar-refractivity contribution in [3.8, 4) is 0 Å². The number of hydrogen-bond acceptors (Lipinski definition) is 4. The summed E-state index contributed by atoms with van der Waals surface area (Å²) in [5.74, 6) is 0.528. The van der Waals surface area contributed by atoms with Crippen molar-refractivity contribution in [2.75, 3.05) is 5.73 Å². The van der Waals surface area contributed by atoms with Gasteiger partial charge in [0.05, 0.1) is 22.2 Å². The van der Waals surface area contributed by atoms with Crippen LogP contribution in [-0.2, 0) is 16.6 Å². The van der Waals surface area contributed by atoms with Gasteiger partial charge in [-0.1, -0.05) is 11.6 Å². The number of halogens is 1. The Morgan fingerprint density at radius 2 is 2.22 bits per heavy atom. The molecule has 0 fully saturated rings. The van der Waals surface area contributed by atoms with Gasteiger partial charge in [0, 0.05) is 12.4 Å². The highest BCUT2D eigenvalue weighted by atomic mass is 35.5. The molecule has 0 aliphatic rings. The zero-order valence-corrected chi connectivity index (χ0v) is 10.8. The minimum Gasteiger partial charge on any atom is -0.397 e. The van der Waals surface area contributed by atoms with E-state index >= 15 is 0 Å². The number of anilines is 1. The molecule has 1 aromatic heterocycles. The number of sulfonamides is 1. The summed E-state index contributed by atoms with van der Waals surface area (Å²) in [5.41, 5.74) is 5.79. The molecule has 4 N–H and O–H groups in total. The third kappa shape index (κ3) is 2.81. The minimum absolute atomic E-state index is 0.0657. The summed E-state index contributed by atoms with van der Waals surface area (Å²) >= 11 is 5.73. The van der Waals surface area contributed by atoms with Gasteiger partial charge in [-0.05, 0) is 18.2 Å². The van der Waals surface area contributed by atoms with Crippen molar-refractivity contribution in [1.29, 1.82) is 0 Å². The summed E-state index contributed by atoms with van der Waals surface area (Å²) in [6, 6.07) is 4.15. The normalized spacial score (nSPS) is 11.6. The van der Waals surface area contributed by atoms with Crippen LogP contribution in [0.25, 0.3) is 0 Å². The Morgan fingerprint density at radius 3 is 2.83 bits per heavy atom. The van der Waals surface area contributed by atoms with Crippen molar-refractivity contribution in [3.63, 3.8) is 0 Å². The smallest absolute Gasteiger partial charge is 0.241 e. The number of H-pyrrole nitrogens is 1. The molecule has 0 radical (unpaired) electrons. The first-order valence-corrected chi connectivity index (χ1v) is 6.88. The third-order valence-corrected chi connectivity index (χ3v) is 4.01. The molecule has 8 heteroatoms. The van der Waals surface area contributed by atoms with Crippen molar-refractivity contribution in [1.82, 2.24) is 14.7 Å². The van der Waals surface area contributed by atoms with E-state index in [0.29, 0.717) is 10.8 Å². The van der Waals surface area contributed by atoms with Crippen LogP contribution in [0.2, 0.25) is 5.02 Å². The lowest BCUT2D eigenvalue weighted by molar-refractivity contribution is 0.579. The lowest BCUT2D eigenvalue weighted by Gasteiger charge is -2.06. The van der Waals surface area contributed by atoms with Crippen molar-refractivity contribution < 1.29 is 8.42 Å². The van der Waals surface area contributed by atoms with E-state index in [1.165, 1.54) is 18.2 Å². The number of hydrogen-bond donors (Lipinski definition) is 3. The van der Waals surface area contributed by atoms with Gasteiger partial charge in [0.15, 0.2) is 0 Å². The van der Waals surface area contributed by atoms with E-state index in [4.69, 9.17) is 17.3 Å². The highest BCUT2D eigenvalue weighted by Crippen LogP contribution is 2.22. The zero-order valence-electron chi connectivity index (χ0n) is 9.22. The summed E-state index contributed by atoms with van der Waals surface area (Å²) < 4.78 is 26.3. The van der Waals surface area contributed by atoms with Crippen LogP contribution < -0.4 is 10.5 Å². The van der Waals surface area contributed by atoms with E-state index in [0.717, 1.165) is 0 Å². The number of nitrogens with two attached hydrogens (primary N) is 1. The molecular weight excluding hydrogens is 276 g/mol. The predicted molar refractivity (Wildman–Crippen MR) is 68.5 cm³/mol. The maximum Gasteiger partial charge on any atom is 0.241 e. The van der Waals surface area contributed by atoms with Gasteiger partial charge in [-0.15, -0.1) is 0 Å². The SMILES string of the molecule is Nc1cc(S(=O)(=O)NCc2ncc[nH]2)ccc1Cl. The van der Waals surface area contributed by atoms with Gasteiger partial charge in [0.25, 0.3) is 0 Å². The second-order valence-electron chi connectivity index (χ2n) is 3.54. The number of imidazole rings is 1. The number of aromatic amines is 1. The van der Waals surface area contributed by atoms with Crippen LogP contribution in [-0.4, -0.2) is 18.4 Å². The molecule has 0 amide bonds. The van der Waals surface area contributed by atoms with E-state index in [2.05, 4.69) is 14.7 Å². The number of aromatic nitrogens is 2. The summed E-state index contributed by atoms with van der Waals surface area (Å²) in [6.45, 7) is 0.0812. The van der Waals surface area contributed by atoms with Crippen molar-refractivity contribution in [2.24, 2.45) is 0 Å². The van der Waals surface area contributed by atoms with Crippen LogP contribution in [0, 0.1) is 0 Å². The molecule has 0 bridgehead atoms. The van der Waals surface area contributed by atoms with E-state index < -0.39 is 10.0 Å². The summed E-state index contributed by atoms with van der Waals surface area (Å²) in [5, 5.41) is 0.319. The molecule has 0 saturated carbocycles. The van der Waals surface area contributed by atoms with Gasteiger partial charge in [0.2, 0.25) is 10.0 Å². The first kappa shape index (κ1) is 12.9. The van der Waals surface area contributed by atoms with E-state index in [1.807, 2.05) is 0 Å². The number of nitrogens with one attached hydrogen (secondary N) is 2. The molecule has 0 aliphatic heterocycles. The third-order valence-electron chi connectivity index (χ3n) is 2.26. The molecule has 96 valence electrons. The minimum atomic E-state index is -3.62.